The molecule has 1 heterocycles. The number of rotatable bonds is 5. The van der Waals surface area contributed by atoms with E-state index in [1.165, 1.54) is 0 Å². The van der Waals surface area contributed by atoms with Gasteiger partial charge in [-0.15, -0.1) is 0 Å². The van der Waals surface area contributed by atoms with Crippen LogP contribution in [-0.2, 0) is 15.3 Å². The van der Waals surface area contributed by atoms with Crippen LogP contribution in [0.3, 0.4) is 0 Å². The van der Waals surface area contributed by atoms with Gasteiger partial charge in [0.15, 0.2) is 5.79 Å². The van der Waals surface area contributed by atoms with E-state index in [-0.39, 0.29) is 0 Å². The first kappa shape index (κ1) is 13.7. The Labute approximate surface area is 113 Å². The normalized spacial score (nSPS) is 17.9. The van der Waals surface area contributed by atoms with Crippen LogP contribution < -0.4 is 4.74 Å². The minimum absolute atomic E-state index is 0.608. The Balaban J connectivity index is 2.42. The van der Waals surface area contributed by atoms with Crippen molar-refractivity contribution >= 4 is 11.6 Å². The number of hydrogen-bond acceptors (Lipinski definition) is 3. The van der Waals surface area contributed by atoms with E-state index >= 15 is 0 Å². The number of benzene rings is 1. The van der Waals surface area contributed by atoms with Crippen molar-refractivity contribution in [2.75, 3.05) is 19.8 Å². The maximum absolute atomic E-state index is 6.09. The molecule has 0 atom stereocenters. The minimum Gasteiger partial charge on any atom is -0.493 e. The maximum atomic E-state index is 6.09. The Morgan fingerprint density at radius 3 is 2.61 bits per heavy atom. The molecule has 0 spiro atoms. The van der Waals surface area contributed by atoms with E-state index in [1.54, 1.807) is 0 Å². The average molecular weight is 271 g/mol. The molecule has 0 bridgehead atoms. The second-order valence-corrected chi connectivity index (χ2v) is 4.71. The molecule has 0 aliphatic carbocycles. The summed E-state index contributed by atoms with van der Waals surface area (Å²) in [5.74, 6) is 0.0988. The summed E-state index contributed by atoms with van der Waals surface area (Å²) in [6.07, 6.45) is 1.77. The van der Waals surface area contributed by atoms with Crippen LogP contribution in [0.2, 0.25) is 5.02 Å². The summed E-state index contributed by atoms with van der Waals surface area (Å²) in [6, 6.07) is 5.59. The molecule has 18 heavy (non-hydrogen) atoms. The first-order chi connectivity index (χ1) is 8.72. The van der Waals surface area contributed by atoms with E-state index in [0.717, 1.165) is 24.2 Å². The van der Waals surface area contributed by atoms with E-state index in [1.807, 2.05) is 25.1 Å². The van der Waals surface area contributed by atoms with Gasteiger partial charge in [0.05, 0.1) is 25.4 Å². The molecule has 0 aromatic heterocycles. The van der Waals surface area contributed by atoms with E-state index < -0.39 is 5.79 Å². The van der Waals surface area contributed by atoms with Gasteiger partial charge in [-0.2, -0.15) is 0 Å². The molecular weight excluding hydrogens is 252 g/mol. The summed E-state index contributed by atoms with van der Waals surface area (Å²) in [5, 5.41) is 0.669. The molecule has 100 valence electrons. The van der Waals surface area contributed by atoms with Crippen LogP contribution in [0, 0.1) is 0 Å². The van der Waals surface area contributed by atoms with E-state index in [0.29, 0.717) is 24.8 Å². The fourth-order valence-electron chi connectivity index (χ4n) is 2.30. The molecular formula is C14H19ClO3. The van der Waals surface area contributed by atoms with Crippen molar-refractivity contribution in [3.63, 3.8) is 0 Å². The third-order valence-corrected chi connectivity index (χ3v) is 3.22. The Hall–Kier alpha value is -0.770. The van der Waals surface area contributed by atoms with E-state index in [2.05, 4.69) is 6.92 Å². The molecule has 1 saturated heterocycles. The smallest absolute Gasteiger partial charge is 0.198 e. The van der Waals surface area contributed by atoms with Crippen LogP contribution in [0.25, 0.3) is 0 Å². The first-order valence-electron chi connectivity index (χ1n) is 6.42. The molecule has 0 amide bonds. The Bertz CT molecular complexity index is 400. The lowest BCUT2D eigenvalue weighted by Crippen LogP contribution is -2.27. The molecule has 1 aromatic rings. The Kier molecular flexibility index (Phi) is 4.49. The number of ether oxygens (including phenoxy) is 3. The highest BCUT2D eigenvalue weighted by Gasteiger charge is 2.40. The van der Waals surface area contributed by atoms with Crippen molar-refractivity contribution in [2.45, 2.75) is 32.5 Å². The number of hydrogen-bond donors (Lipinski definition) is 0. The molecule has 0 N–H and O–H groups in total. The van der Waals surface area contributed by atoms with Crippen LogP contribution in [0.15, 0.2) is 18.2 Å². The van der Waals surface area contributed by atoms with Crippen LogP contribution in [0.5, 0.6) is 5.75 Å². The van der Waals surface area contributed by atoms with Gasteiger partial charge < -0.3 is 14.2 Å². The second-order valence-electron chi connectivity index (χ2n) is 4.27. The predicted molar refractivity (Wildman–Crippen MR) is 71.1 cm³/mol. The first-order valence-corrected chi connectivity index (χ1v) is 6.80. The van der Waals surface area contributed by atoms with Gasteiger partial charge in [-0.05, 0) is 25.1 Å². The molecule has 1 aliphatic rings. The van der Waals surface area contributed by atoms with Crippen LogP contribution in [0.1, 0.15) is 32.3 Å². The summed E-state index contributed by atoms with van der Waals surface area (Å²) in [6.45, 7) is 5.89. The molecule has 4 heteroatoms. The molecule has 1 aromatic carbocycles. The lowest BCUT2D eigenvalue weighted by molar-refractivity contribution is -0.171. The summed E-state index contributed by atoms with van der Waals surface area (Å²) in [4.78, 5) is 0. The van der Waals surface area contributed by atoms with Crippen molar-refractivity contribution in [3.8, 4) is 5.75 Å². The van der Waals surface area contributed by atoms with Gasteiger partial charge in [0.1, 0.15) is 5.75 Å². The standard InChI is InChI=1S/C14H19ClO3/c1-3-7-14(17-8-9-18-14)12-10-11(15)5-6-13(12)16-4-2/h5-6,10H,3-4,7-9H2,1-2H3. The van der Waals surface area contributed by atoms with Crippen molar-refractivity contribution in [3.05, 3.63) is 28.8 Å². The molecule has 0 unspecified atom stereocenters. The zero-order chi connectivity index (χ0) is 13.0. The summed E-state index contributed by atoms with van der Waals surface area (Å²) >= 11 is 6.09. The second kappa shape index (κ2) is 5.91. The van der Waals surface area contributed by atoms with Gasteiger partial charge >= 0.3 is 0 Å². The molecule has 0 saturated carbocycles. The van der Waals surface area contributed by atoms with Crippen LogP contribution in [-0.4, -0.2) is 19.8 Å². The van der Waals surface area contributed by atoms with Gasteiger partial charge in [-0.25, -0.2) is 0 Å². The SMILES string of the molecule is CCCC1(c2cc(Cl)ccc2OCC)OCCO1. The molecule has 1 fully saturated rings. The van der Waals surface area contributed by atoms with E-state index in [9.17, 15) is 0 Å². The third-order valence-electron chi connectivity index (χ3n) is 2.98. The Morgan fingerprint density at radius 2 is 2.00 bits per heavy atom. The minimum atomic E-state index is -0.690. The van der Waals surface area contributed by atoms with Gasteiger partial charge in [0.2, 0.25) is 0 Å². The van der Waals surface area contributed by atoms with Crippen LogP contribution >= 0.6 is 11.6 Å². The van der Waals surface area contributed by atoms with Crippen molar-refractivity contribution in [1.29, 1.82) is 0 Å². The highest BCUT2D eigenvalue weighted by molar-refractivity contribution is 6.30. The lowest BCUT2D eigenvalue weighted by Gasteiger charge is -2.29. The molecule has 2 rings (SSSR count). The highest BCUT2D eigenvalue weighted by Crippen LogP contribution is 2.41. The fourth-order valence-corrected chi connectivity index (χ4v) is 2.47. The highest BCUT2D eigenvalue weighted by atomic mass is 35.5. The van der Waals surface area contributed by atoms with Gasteiger partial charge in [0.25, 0.3) is 0 Å². The van der Waals surface area contributed by atoms with Gasteiger partial charge in [0, 0.05) is 11.4 Å². The molecule has 0 radical (unpaired) electrons. The zero-order valence-corrected chi connectivity index (χ0v) is 11.6. The maximum Gasteiger partial charge on any atom is 0.198 e. The topological polar surface area (TPSA) is 27.7 Å². The summed E-state index contributed by atoms with van der Waals surface area (Å²) in [5.41, 5.74) is 0.899. The Morgan fingerprint density at radius 1 is 1.28 bits per heavy atom. The average Bonchev–Trinajstić information content (AvgIpc) is 2.82. The summed E-state index contributed by atoms with van der Waals surface area (Å²) < 4.78 is 17.4. The monoisotopic (exact) mass is 270 g/mol. The molecule has 1 aliphatic heterocycles. The van der Waals surface area contributed by atoms with Crippen molar-refractivity contribution in [1.82, 2.24) is 0 Å². The van der Waals surface area contributed by atoms with Crippen molar-refractivity contribution < 1.29 is 14.2 Å². The quantitative estimate of drug-likeness (QED) is 0.816. The van der Waals surface area contributed by atoms with Crippen LogP contribution in [0.4, 0.5) is 0 Å². The third kappa shape index (κ3) is 2.63. The molecule has 3 nitrogen and oxygen atoms in total. The number of halogens is 1. The summed E-state index contributed by atoms with van der Waals surface area (Å²) in [7, 11) is 0. The largest absolute Gasteiger partial charge is 0.493 e. The zero-order valence-electron chi connectivity index (χ0n) is 10.9. The van der Waals surface area contributed by atoms with Crippen molar-refractivity contribution in [2.24, 2.45) is 0 Å². The van der Waals surface area contributed by atoms with E-state index in [4.69, 9.17) is 25.8 Å². The fraction of sp³-hybridized carbons (Fsp3) is 0.571. The van der Waals surface area contributed by atoms with Gasteiger partial charge in [-0.1, -0.05) is 24.9 Å². The van der Waals surface area contributed by atoms with Gasteiger partial charge in [-0.3, -0.25) is 0 Å². The lowest BCUT2D eigenvalue weighted by atomic mass is 10.00. The predicted octanol–water partition coefficient (Wildman–Crippen LogP) is 3.74.